The average Bonchev–Trinajstić information content (AvgIpc) is 2.72. The number of carbonyl (C=O) groups is 1. The predicted octanol–water partition coefficient (Wildman–Crippen LogP) is 6.05. The highest BCUT2D eigenvalue weighted by Crippen LogP contribution is 2.34. The standard InChI is InChI=1S/C25H31NOS/c1-25(2,23-13-10-20(11-14-23)9-7-16-27)24-15-12-21(18-22(24)19-26)8-5-3-4-6-17-28/h10-16,18,28H,3-9,17H2,1-2H3. The maximum atomic E-state index is 10.6. The summed E-state index contributed by atoms with van der Waals surface area (Å²) >= 11 is 4.26. The molecule has 0 atom stereocenters. The molecule has 0 saturated carbocycles. The molecule has 0 radical (unpaired) electrons. The van der Waals surface area contributed by atoms with Gasteiger partial charge in [0.2, 0.25) is 0 Å². The molecular formula is C25H31NOS. The van der Waals surface area contributed by atoms with Crippen LogP contribution >= 0.6 is 12.6 Å². The van der Waals surface area contributed by atoms with Crippen LogP contribution in [0.5, 0.6) is 0 Å². The fourth-order valence-electron chi connectivity index (χ4n) is 3.65. The smallest absolute Gasteiger partial charge is 0.120 e. The summed E-state index contributed by atoms with van der Waals surface area (Å²) in [7, 11) is 0. The molecule has 0 N–H and O–H groups in total. The lowest BCUT2D eigenvalue weighted by atomic mass is 9.75. The quantitative estimate of drug-likeness (QED) is 0.287. The molecule has 2 aromatic carbocycles. The molecule has 0 amide bonds. The fourth-order valence-corrected chi connectivity index (χ4v) is 3.87. The van der Waals surface area contributed by atoms with E-state index in [2.05, 4.69) is 75.0 Å². The Morgan fingerprint density at radius 2 is 1.64 bits per heavy atom. The molecule has 0 heterocycles. The van der Waals surface area contributed by atoms with Gasteiger partial charge in [0, 0.05) is 11.8 Å². The van der Waals surface area contributed by atoms with Crippen molar-refractivity contribution in [1.29, 1.82) is 5.26 Å². The normalized spacial score (nSPS) is 11.2. The van der Waals surface area contributed by atoms with E-state index in [-0.39, 0.29) is 5.41 Å². The summed E-state index contributed by atoms with van der Waals surface area (Å²) in [5, 5.41) is 9.74. The van der Waals surface area contributed by atoms with Gasteiger partial charge in [0.1, 0.15) is 6.29 Å². The van der Waals surface area contributed by atoms with Crippen molar-refractivity contribution in [3.05, 3.63) is 70.3 Å². The SMILES string of the molecule is CC(C)(c1ccc(CCC=O)cc1)c1ccc(CCCCCCS)cc1C#N. The van der Waals surface area contributed by atoms with Gasteiger partial charge in [-0.1, -0.05) is 63.1 Å². The number of hydrogen-bond donors (Lipinski definition) is 1. The summed E-state index contributed by atoms with van der Waals surface area (Å²) in [4.78, 5) is 10.6. The van der Waals surface area contributed by atoms with Crippen molar-refractivity contribution < 1.29 is 4.79 Å². The molecule has 0 spiro atoms. The number of benzene rings is 2. The second-order valence-corrected chi connectivity index (χ2v) is 8.35. The number of carbonyl (C=O) groups excluding carboxylic acids is 1. The van der Waals surface area contributed by atoms with E-state index in [0.717, 1.165) is 42.4 Å². The van der Waals surface area contributed by atoms with Crippen LogP contribution in [0.15, 0.2) is 42.5 Å². The van der Waals surface area contributed by atoms with Crippen LogP contribution in [-0.4, -0.2) is 12.0 Å². The minimum atomic E-state index is -0.251. The first-order chi connectivity index (χ1) is 13.5. The molecule has 0 fully saturated rings. The molecule has 0 saturated heterocycles. The molecule has 0 unspecified atom stereocenters. The first-order valence-corrected chi connectivity index (χ1v) is 10.8. The van der Waals surface area contributed by atoms with Crippen LogP contribution in [0.1, 0.15) is 73.8 Å². The number of nitriles is 1. The highest BCUT2D eigenvalue weighted by atomic mass is 32.1. The number of hydrogen-bond acceptors (Lipinski definition) is 3. The molecule has 0 aliphatic rings. The van der Waals surface area contributed by atoms with Gasteiger partial charge in [-0.15, -0.1) is 0 Å². The molecule has 28 heavy (non-hydrogen) atoms. The molecule has 148 valence electrons. The summed E-state index contributed by atoms with van der Waals surface area (Å²) in [5.41, 5.74) is 5.17. The van der Waals surface area contributed by atoms with Crippen LogP contribution in [-0.2, 0) is 23.1 Å². The van der Waals surface area contributed by atoms with Crippen LogP contribution in [0.4, 0.5) is 0 Å². The van der Waals surface area contributed by atoms with E-state index in [1.165, 1.54) is 36.0 Å². The van der Waals surface area contributed by atoms with E-state index in [4.69, 9.17) is 0 Å². The van der Waals surface area contributed by atoms with Crippen molar-refractivity contribution >= 4 is 18.9 Å². The number of nitrogens with zero attached hydrogens (tertiary/aromatic N) is 1. The molecule has 0 aromatic heterocycles. The largest absolute Gasteiger partial charge is 0.303 e. The lowest BCUT2D eigenvalue weighted by Gasteiger charge is -2.27. The molecule has 2 aromatic rings. The Morgan fingerprint density at radius 3 is 2.29 bits per heavy atom. The lowest BCUT2D eigenvalue weighted by Crippen LogP contribution is -2.20. The zero-order chi connectivity index (χ0) is 20.4. The Labute approximate surface area is 175 Å². The van der Waals surface area contributed by atoms with E-state index in [9.17, 15) is 10.1 Å². The van der Waals surface area contributed by atoms with Crippen molar-refractivity contribution in [1.82, 2.24) is 0 Å². The molecule has 0 aliphatic carbocycles. The summed E-state index contributed by atoms with van der Waals surface area (Å²) in [6, 6.07) is 17.2. The Hall–Kier alpha value is -2.05. The molecule has 3 heteroatoms. The summed E-state index contributed by atoms with van der Waals surface area (Å²) in [6.45, 7) is 4.33. The second kappa shape index (κ2) is 11.1. The van der Waals surface area contributed by atoms with Gasteiger partial charge in [-0.25, -0.2) is 0 Å². The van der Waals surface area contributed by atoms with Crippen molar-refractivity contribution in [2.75, 3.05) is 5.75 Å². The van der Waals surface area contributed by atoms with Crippen molar-refractivity contribution in [3.63, 3.8) is 0 Å². The van der Waals surface area contributed by atoms with Gasteiger partial charge in [0.15, 0.2) is 0 Å². The molecular weight excluding hydrogens is 362 g/mol. The average molecular weight is 394 g/mol. The number of aryl methyl sites for hydroxylation is 2. The van der Waals surface area contributed by atoms with E-state index in [1.54, 1.807) is 0 Å². The summed E-state index contributed by atoms with van der Waals surface area (Å²) < 4.78 is 0. The predicted molar refractivity (Wildman–Crippen MR) is 120 cm³/mol. The topological polar surface area (TPSA) is 40.9 Å². The fraction of sp³-hybridized carbons (Fsp3) is 0.440. The highest BCUT2D eigenvalue weighted by Gasteiger charge is 2.26. The lowest BCUT2D eigenvalue weighted by molar-refractivity contribution is -0.107. The Bertz CT molecular complexity index is 802. The molecule has 2 rings (SSSR count). The Balaban J connectivity index is 2.15. The van der Waals surface area contributed by atoms with Crippen LogP contribution in [0.2, 0.25) is 0 Å². The minimum absolute atomic E-state index is 0.251. The third-order valence-electron chi connectivity index (χ3n) is 5.48. The van der Waals surface area contributed by atoms with Gasteiger partial charge in [0.05, 0.1) is 11.6 Å². The summed E-state index contributed by atoms with van der Waals surface area (Å²) in [5.74, 6) is 0.959. The maximum Gasteiger partial charge on any atom is 0.120 e. The van der Waals surface area contributed by atoms with E-state index < -0.39 is 0 Å². The number of thiol groups is 1. The highest BCUT2D eigenvalue weighted by molar-refractivity contribution is 7.80. The maximum absolute atomic E-state index is 10.6. The van der Waals surface area contributed by atoms with Gasteiger partial charge in [0.25, 0.3) is 0 Å². The second-order valence-electron chi connectivity index (χ2n) is 7.91. The Kier molecular flexibility index (Phi) is 8.80. The minimum Gasteiger partial charge on any atom is -0.303 e. The van der Waals surface area contributed by atoms with Gasteiger partial charge in [-0.3, -0.25) is 0 Å². The van der Waals surface area contributed by atoms with Gasteiger partial charge in [-0.2, -0.15) is 17.9 Å². The first kappa shape index (κ1) is 22.2. The van der Waals surface area contributed by atoms with Crippen molar-refractivity contribution in [2.24, 2.45) is 0 Å². The third-order valence-corrected chi connectivity index (χ3v) is 5.79. The number of rotatable bonds is 11. The summed E-state index contributed by atoms with van der Waals surface area (Å²) in [6.07, 6.45) is 8.08. The van der Waals surface area contributed by atoms with E-state index in [0.29, 0.717) is 6.42 Å². The van der Waals surface area contributed by atoms with Gasteiger partial charge >= 0.3 is 0 Å². The monoisotopic (exact) mass is 393 g/mol. The zero-order valence-corrected chi connectivity index (χ0v) is 18.0. The van der Waals surface area contributed by atoms with Crippen LogP contribution < -0.4 is 0 Å². The van der Waals surface area contributed by atoms with Gasteiger partial charge in [-0.05, 0) is 59.8 Å². The molecule has 0 aliphatic heterocycles. The van der Waals surface area contributed by atoms with Crippen LogP contribution in [0.3, 0.4) is 0 Å². The number of aldehydes is 1. The van der Waals surface area contributed by atoms with Gasteiger partial charge < -0.3 is 4.79 Å². The molecule has 0 bridgehead atoms. The van der Waals surface area contributed by atoms with Crippen molar-refractivity contribution in [3.8, 4) is 6.07 Å². The van der Waals surface area contributed by atoms with Crippen LogP contribution in [0, 0.1) is 11.3 Å². The van der Waals surface area contributed by atoms with Crippen molar-refractivity contribution in [2.45, 2.75) is 64.2 Å². The van der Waals surface area contributed by atoms with E-state index >= 15 is 0 Å². The van der Waals surface area contributed by atoms with Crippen LogP contribution in [0.25, 0.3) is 0 Å². The number of unbranched alkanes of at least 4 members (excludes halogenated alkanes) is 3. The molecule has 2 nitrogen and oxygen atoms in total. The van der Waals surface area contributed by atoms with E-state index in [1.807, 2.05) is 0 Å². The zero-order valence-electron chi connectivity index (χ0n) is 17.1. The third kappa shape index (κ3) is 5.97. The first-order valence-electron chi connectivity index (χ1n) is 10.2. The Morgan fingerprint density at radius 1 is 0.964 bits per heavy atom.